The standard InChI is InChI=1S/C28H51N5O8S/c1-21(19-42-20-22(2)34)27(40)32-16-15-29-13-14-30-18-24(35)33-23(17-26(38)39)28(41)31-12-10-8-6-4-3-5-7-9-11-25(36)37/h21,23,29-30H,3-20H2,1-2H3,(H,31,41)(H,32,40)(H,33,35)(H,36,37)(H,38,39)/t21-,23-/m0/s1. The van der Waals surface area contributed by atoms with Gasteiger partial charge in [-0.15, -0.1) is 0 Å². The lowest BCUT2D eigenvalue weighted by molar-refractivity contribution is -0.140. The van der Waals surface area contributed by atoms with Crippen LogP contribution in [-0.4, -0.2) is 102 Å². The molecule has 0 aliphatic rings. The number of carboxylic acids is 2. The summed E-state index contributed by atoms with van der Waals surface area (Å²) >= 11 is 1.44. The molecular formula is C28H51N5O8S. The first kappa shape index (κ1) is 39.3. The van der Waals surface area contributed by atoms with Gasteiger partial charge in [0, 0.05) is 50.8 Å². The number of ketones is 1. The number of hydrogen-bond donors (Lipinski definition) is 7. The number of Topliss-reactive ketones (excluding diaryl/α,β-unsaturated/α-hetero) is 1. The number of unbranched alkanes of at least 4 members (excludes halogenated alkanes) is 7. The van der Waals surface area contributed by atoms with Gasteiger partial charge < -0.3 is 36.8 Å². The topological polar surface area (TPSA) is 203 Å². The van der Waals surface area contributed by atoms with Crippen LogP contribution in [0.1, 0.15) is 78.1 Å². The van der Waals surface area contributed by atoms with Gasteiger partial charge in [0.1, 0.15) is 11.8 Å². The Balaban J connectivity index is 3.96. The van der Waals surface area contributed by atoms with Gasteiger partial charge in [0.05, 0.1) is 18.7 Å². The van der Waals surface area contributed by atoms with Crippen molar-refractivity contribution in [1.82, 2.24) is 26.6 Å². The molecule has 0 saturated heterocycles. The number of carbonyl (C=O) groups is 6. The van der Waals surface area contributed by atoms with E-state index in [0.29, 0.717) is 50.7 Å². The van der Waals surface area contributed by atoms with E-state index in [9.17, 15) is 28.8 Å². The molecule has 14 heteroatoms. The summed E-state index contributed by atoms with van der Waals surface area (Å²) in [5.41, 5.74) is 0. The summed E-state index contributed by atoms with van der Waals surface area (Å²) in [5, 5.41) is 31.8. The summed E-state index contributed by atoms with van der Waals surface area (Å²) in [6.07, 6.45) is 7.08. The van der Waals surface area contributed by atoms with Crippen LogP contribution in [-0.2, 0) is 28.8 Å². The third kappa shape index (κ3) is 25.0. The van der Waals surface area contributed by atoms with Crippen LogP contribution in [0.3, 0.4) is 0 Å². The first-order valence-electron chi connectivity index (χ1n) is 14.8. The zero-order valence-electron chi connectivity index (χ0n) is 25.1. The van der Waals surface area contributed by atoms with Gasteiger partial charge in [-0.05, 0) is 19.8 Å². The molecule has 0 aliphatic carbocycles. The van der Waals surface area contributed by atoms with Crippen LogP contribution >= 0.6 is 11.8 Å². The van der Waals surface area contributed by atoms with Gasteiger partial charge in [0.25, 0.3) is 0 Å². The summed E-state index contributed by atoms with van der Waals surface area (Å²) in [5.74, 6) is -2.14. The molecule has 0 fully saturated rings. The normalized spacial score (nSPS) is 12.2. The fraction of sp³-hybridized carbons (Fsp3) is 0.786. The van der Waals surface area contributed by atoms with Crippen molar-refractivity contribution in [3.05, 3.63) is 0 Å². The van der Waals surface area contributed by atoms with E-state index in [1.165, 1.54) is 18.7 Å². The lowest BCUT2D eigenvalue weighted by atomic mass is 10.1. The largest absolute Gasteiger partial charge is 0.481 e. The van der Waals surface area contributed by atoms with E-state index in [1.807, 2.05) is 6.92 Å². The highest BCUT2D eigenvalue weighted by atomic mass is 32.2. The molecule has 242 valence electrons. The molecule has 0 saturated carbocycles. The first-order valence-corrected chi connectivity index (χ1v) is 15.9. The number of rotatable bonds is 28. The number of thioether (sulfide) groups is 1. The maximum absolute atomic E-state index is 12.4. The van der Waals surface area contributed by atoms with E-state index in [2.05, 4.69) is 26.6 Å². The van der Waals surface area contributed by atoms with E-state index in [0.717, 1.165) is 44.9 Å². The van der Waals surface area contributed by atoms with E-state index in [4.69, 9.17) is 10.2 Å². The molecule has 3 amide bonds. The third-order valence-corrected chi connectivity index (χ3v) is 7.48. The number of nitrogens with one attached hydrogen (secondary N) is 5. The highest BCUT2D eigenvalue weighted by molar-refractivity contribution is 7.99. The van der Waals surface area contributed by atoms with Gasteiger partial charge >= 0.3 is 11.9 Å². The minimum Gasteiger partial charge on any atom is -0.481 e. The summed E-state index contributed by atoms with van der Waals surface area (Å²) < 4.78 is 0. The minimum absolute atomic E-state index is 0.0686. The molecule has 0 aromatic carbocycles. The Morgan fingerprint density at radius 2 is 1.26 bits per heavy atom. The maximum atomic E-state index is 12.4. The first-order chi connectivity index (χ1) is 20.0. The Morgan fingerprint density at radius 1 is 0.690 bits per heavy atom. The van der Waals surface area contributed by atoms with E-state index in [-0.39, 0.29) is 30.6 Å². The monoisotopic (exact) mass is 617 g/mol. The highest BCUT2D eigenvalue weighted by Gasteiger charge is 2.23. The van der Waals surface area contributed by atoms with Crippen molar-refractivity contribution in [3.8, 4) is 0 Å². The zero-order valence-corrected chi connectivity index (χ0v) is 26.0. The molecule has 0 aromatic heterocycles. The number of aliphatic carboxylic acids is 2. The van der Waals surface area contributed by atoms with Gasteiger partial charge in [-0.25, -0.2) is 0 Å². The fourth-order valence-corrected chi connectivity index (χ4v) is 4.74. The summed E-state index contributed by atoms with van der Waals surface area (Å²) in [6.45, 7) is 5.64. The van der Waals surface area contributed by atoms with Gasteiger partial charge in [0.2, 0.25) is 17.7 Å². The van der Waals surface area contributed by atoms with E-state index < -0.39 is 36.2 Å². The van der Waals surface area contributed by atoms with Crippen molar-refractivity contribution in [3.63, 3.8) is 0 Å². The van der Waals surface area contributed by atoms with E-state index >= 15 is 0 Å². The third-order valence-electron chi connectivity index (χ3n) is 6.13. The summed E-state index contributed by atoms with van der Waals surface area (Å²) in [6, 6.07) is -1.16. The minimum atomic E-state index is -1.19. The Hall–Kier alpha value is -2.71. The Kier molecular flexibility index (Phi) is 24.3. The molecule has 0 spiro atoms. The Morgan fingerprint density at radius 3 is 1.88 bits per heavy atom. The molecule has 0 rings (SSSR count). The molecule has 0 heterocycles. The van der Waals surface area contributed by atoms with Crippen LogP contribution < -0.4 is 26.6 Å². The molecule has 2 atom stereocenters. The van der Waals surface area contributed by atoms with Gasteiger partial charge in [-0.2, -0.15) is 11.8 Å². The van der Waals surface area contributed by atoms with Crippen LogP contribution in [0.5, 0.6) is 0 Å². The van der Waals surface area contributed by atoms with Crippen molar-refractivity contribution in [2.24, 2.45) is 5.92 Å². The second-order valence-electron chi connectivity index (χ2n) is 10.3. The number of carbonyl (C=O) groups excluding carboxylic acids is 4. The second kappa shape index (κ2) is 26.0. The highest BCUT2D eigenvalue weighted by Crippen LogP contribution is 2.10. The smallest absolute Gasteiger partial charge is 0.305 e. The molecule has 0 aliphatic heterocycles. The van der Waals surface area contributed by atoms with Crippen molar-refractivity contribution < 1.29 is 39.0 Å². The number of amides is 3. The summed E-state index contributed by atoms with van der Waals surface area (Å²) in [7, 11) is 0. The lowest BCUT2D eigenvalue weighted by Gasteiger charge is -2.17. The van der Waals surface area contributed by atoms with Crippen molar-refractivity contribution in [2.75, 3.05) is 50.8 Å². The van der Waals surface area contributed by atoms with Gasteiger partial charge in [-0.3, -0.25) is 28.8 Å². The van der Waals surface area contributed by atoms with Gasteiger partial charge in [-0.1, -0.05) is 45.4 Å². The maximum Gasteiger partial charge on any atom is 0.305 e. The Bertz CT molecular complexity index is 830. The SMILES string of the molecule is CC(=O)CSC[C@H](C)C(=O)NCCNCCNCC(=O)N[C@@H](CC(=O)O)C(=O)NCCCCCCCCCCC(=O)O. The molecule has 13 nitrogen and oxygen atoms in total. The van der Waals surface area contributed by atoms with Crippen molar-refractivity contribution >= 4 is 47.2 Å². The number of carboxylic acid groups (broad SMARTS) is 2. The van der Waals surface area contributed by atoms with Crippen LogP contribution in [0.15, 0.2) is 0 Å². The van der Waals surface area contributed by atoms with Gasteiger partial charge in [0.15, 0.2) is 0 Å². The van der Waals surface area contributed by atoms with Crippen LogP contribution in [0.4, 0.5) is 0 Å². The second-order valence-corrected chi connectivity index (χ2v) is 11.3. The predicted molar refractivity (Wildman–Crippen MR) is 162 cm³/mol. The molecule has 0 bridgehead atoms. The predicted octanol–water partition coefficient (Wildman–Crippen LogP) is 0.911. The lowest BCUT2D eigenvalue weighted by Crippen LogP contribution is -2.50. The van der Waals surface area contributed by atoms with Crippen LogP contribution in [0, 0.1) is 5.92 Å². The molecule has 0 unspecified atom stereocenters. The van der Waals surface area contributed by atoms with E-state index in [1.54, 1.807) is 0 Å². The molecular weight excluding hydrogens is 566 g/mol. The van der Waals surface area contributed by atoms with Crippen molar-refractivity contribution in [2.45, 2.75) is 84.1 Å². The van der Waals surface area contributed by atoms with Crippen molar-refractivity contribution in [1.29, 1.82) is 0 Å². The molecule has 0 radical (unpaired) electrons. The molecule has 7 N–H and O–H groups in total. The van der Waals surface area contributed by atoms with Crippen LogP contribution in [0.25, 0.3) is 0 Å². The average molecular weight is 618 g/mol. The zero-order chi connectivity index (χ0) is 31.6. The quantitative estimate of drug-likeness (QED) is 0.0615. The molecule has 42 heavy (non-hydrogen) atoms. The molecule has 0 aromatic rings. The van der Waals surface area contributed by atoms with Crippen LogP contribution in [0.2, 0.25) is 0 Å². The average Bonchev–Trinajstić information content (AvgIpc) is 2.91. The summed E-state index contributed by atoms with van der Waals surface area (Å²) in [4.78, 5) is 69.3. The fourth-order valence-electron chi connectivity index (χ4n) is 3.83. The number of hydrogen-bond acceptors (Lipinski definition) is 9. The Labute approximate surface area is 253 Å².